The average Bonchev–Trinajstić information content (AvgIpc) is 3.22. The summed E-state index contributed by atoms with van der Waals surface area (Å²) in [7, 11) is 0. The molecule has 5 heterocycles. The number of hydrogen-bond donors (Lipinski definition) is 0. The fourth-order valence-electron chi connectivity index (χ4n) is 4.71. The summed E-state index contributed by atoms with van der Waals surface area (Å²) >= 11 is 0. The van der Waals surface area contributed by atoms with E-state index in [1.54, 1.807) is 0 Å². The van der Waals surface area contributed by atoms with Crippen molar-refractivity contribution in [2.24, 2.45) is 0 Å². The average molecular weight is 410 g/mol. The Morgan fingerprint density at radius 1 is 0.968 bits per heavy atom. The van der Waals surface area contributed by atoms with Crippen LogP contribution >= 0.6 is 0 Å². The standard InChI is InChI=1S/C24H22N6O/c1-16-12-22-25-9-6-23(31)30(22)27-24(16)28-10-8-20-18(15-28)13-19(14-26-20)29-11-7-17-4-2-3-5-21(17)29/h2-6,9,12-14H,7-8,10-11,15H2,1H3. The van der Waals surface area contributed by atoms with Crippen LogP contribution in [0.1, 0.15) is 22.4 Å². The molecule has 154 valence electrons. The third kappa shape index (κ3) is 2.96. The van der Waals surface area contributed by atoms with Crippen molar-refractivity contribution in [3.63, 3.8) is 0 Å². The molecule has 31 heavy (non-hydrogen) atoms. The summed E-state index contributed by atoms with van der Waals surface area (Å²) in [4.78, 5) is 25.9. The molecule has 4 aromatic rings. The van der Waals surface area contributed by atoms with E-state index in [-0.39, 0.29) is 5.56 Å². The van der Waals surface area contributed by atoms with Crippen molar-refractivity contribution in [1.82, 2.24) is 19.6 Å². The fraction of sp³-hybridized carbons (Fsp3) is 0.250. The highest BCUT2D eigenvalue weighted by Crippen LogP contribution is 2.35. The number of para-hydroxylation sites is 1. The summed E-state index contributed by atoms with van der Waals surface area (Å²) in [5.74, 6) is 0.824. The maximum atomic E-state index is 12.2. The Morgan fingerprint density at radius 3 is 2.81 bits per heavy atom. The van der Waals surface area contributed by atoms with E-state index in [0.717, 1.165) is 55.2 Å². The van der Waals surface area contributed by atoms with Crippen molar-refractivity contribution in [3.05, 3.63) is 87.6 Å². The number of rotatable bonds is 2. The number of aryl methyl sites for hydroxylation is 1. The van der Waals surface area contributed by atoms with Gasteiger partial charge in [0.05, 0.1) is 11.9 Å². The van der Waals surface area contributed by atoms with E-state index in [2.05, 4.69) is 50.2 Å². The predicted octanol–water partition coefficient (Wildman–Crippen LogP) is 3.05. The van der Waals surface area contributed by atoms with E-state index in [4.69, 9.17) is 4.98 Å². The normalized spacial score (nSPS) is 15.3. The van der Waals surface area contributed by atoms with Crippen molar-refractivity contribution in [2.75, 3.05) is 22.9 Å². The van der Waals surface area contributed by atoms with Crippen LogP contribution in [0.25, 0.3) is 5.65 Å². The van der Waals surface area contributed by atoms with Crippen LogP contribution in [0.4, 0.5) is 17.2 Å². The van der Waals surface area contributed by atoms with Crippen LogP contribution in [0.2, 0.25) is 0 Å². The van der Waals surface area contributed by atoms with E-state index >= 15 is 0 Å². The first-order valence-electron chi connectivity index (χ1n) is 10.6. The van der Waals surface area contributed by atoms with Crippen molar-refractivity contribution < 1.29 is 0 Å². The number of aromatic nitrogens is 4. The topological polar surface area (TPSA) is 66.6 Å². The SMILES string of the molecule is Cc1cc2nccc(=O)n2nc1N1CCc2ncc(N3CCc4ccccc43)cc2C1. The summed E-state index contributed by atoms with van der Waals surface area (Å²) in [6.07, 6.45) is 5.44. The lowest BCUT2D eigenvalue weighted by atomic mass is 10.0. The molecular formula is C24H22N6O. The Hall–Kier alpha value is -3.74. The molecule has 0 radical (unpaired) electrons. The van der Waals surface area contributed by atoms with Crippen LogP contribution in [0.3, 0.4) is 0 Å². The zero-order valence-corrected chi connectivity index (χ0v) is 17.3. The number of pyridine rings is 1. The van der Waals surface area contributed by atoms with E-state index in [1.807, 2.05) is 19.2 Å². The lowest BCUT2D eigenvalue weighted by Crippen LogP contribution is -2.33. The van der Waals surface area contributed by atoms with Crippen LogP contribution in [0.5, 0.6) is 0 Å². The second kappa shape index (κ2) is 6.91. The van der Waals surface area contributed by atoms with Gasteiger partial charge in [-0.25, -0.2) is 4.98 Å². The number of nitrogens with zero attached hydrogens (tertiary/aromatic N) is 6. The largest absolute Gasteiger partial charge is 0.350 e. The molecule has 0 saturated carbocycles. The summed E-state index contributed by atoms with van der Waals surface area (Å²) < 4.78 is 1.38. The van der Waals surface area contributed by atoms with Gasteiger partial charge in [-0.1, -0.05) is 18.2 Å². The molecule has 0 bridgehead atoms. The minimum absolute atomic E-state index is 0.166. The fourth-order valence-corrected chi connectivity index (χ4v) is 4.71. The number of anilines is 3. The molecule has 1 aromatic carbocycles. The van der Waals surface area contributed by atoms with Gasteiger partial charge in [-0.2, -0.15) is 4.52 Å². The summed E-state index contributed by atoms with van der Waals surface area (Å²) in [6.45, 7) is 4.54. The van der Waals surface area contributed by atoms with Gasteiger partial charge in [0, 0.05) is 49.7 Å². The number of hydrogen-bond acceptors (Lipinski definition) is 6. The van der Waals surface area contributed by atoms with Gasteiger partial charge < -0.3 is 9.80 Å². The summed E-state index contributed by atoms with van der Waals surface area (Å²) in [5.41, 5.74) is 7.57. The molecule has 0 N–H and O–H groups in total. The molecular weight excluding hydrogens is 388 g/mol. The molecule has 0 unspecified atom stereocenters. The van der Waals surface area contributed by atoms with Crippen LogP contribution in [-0.4, -0.2) is 32.7 Å². The highest BCUT2D eigenvalue weighted by Gasteiger charge is 2.24. The van der Waals surface area contributed by atoms with E-state index in [9.17, 15) is 4.79 Å². The van der Waals surface area contributed by atoms with Crippen LogP contribution < -0.4 is 15.4 Å². The Balaban J connectivity index is 1.36. The Bertz CT molecular complexity index is 1380. The van der Waals surface area contributed by atoms with Gasteiger partial charge >= 0.3 is 0 Å². The van der Waals surface area contributed by atoms with Gasteiger partial charge in [0.1, 0.15) is 0 Å². The lowest BCUT2D eigenvalue weighted by Gasteiger charge is -2.31. The first-order valence-corrected chi connectivity index (χ1v) is 10.6. The highest BCUT2D eigenvalue weighted by atomic mass is 16.1. The van der Waals surface area contributed by atoms with Crippen molar-refractivity contribution >= 4 is 22.8 Å². The Labute approximate surface area is 179 Å². The molecule has 3 aromatic heterocycles. The van der Waals surface area contributed by atoms with E-state index < -0.39 is 0 Å². The van der Waals surface area contributed by atoms with E-state index in [1.165, 1.54) is 33.6 Å². The van der Waals surface area contributed by atoms with Gasteiger partial charge in [0.15, 0.2) is 11.5 Å². The third-order valence-corrected chi connectivity index (χ3v) is 6.27. The summed E-state index contributed by atoms with van der Waals surface area (Å²) in [5, 5.41) is 4.64. The zero-order valence-electron chi connectivity index (χ0n) is 17.3. The van der Waals surface area contributed by atoms with Gasteiger partial charge in [-0.15, -0.1) is 5.10 Å². The highest BCUT2D eigenvalue weighted by molar-refractivity contribution is 5.70. The molecule has 7 nitrogen and oxygen atoms in total. The molecule has 0 fully saturated rings. The second-order valence-electron chi connectivity index (χ2n) is 8.21. The quantitative estimate of drug-likeness (QED) is 0.506. The molecule has 2 aliphatic heterocycles. The first kappa shape index (κ1) is 18.1. The maximum Gasteiger partial charge on any atom is 0.274 e. The zero-order chi connectivity index (χ0) is 20.9. The maximum absolute atomic E-state index is 12.2. The molecule has 6 rings (SSSR count). The first-order chi connectivity index (χ1) is 15.2. The van der Waals surface area contributed by atoms with Gasteiger partial charge in [0.2, 0.25) is 0 Å². The lowest BCUT2D eigenvalue weighted by molar-refractivity contribution is 0.685. The molecule has 7 heteroatoms. The molecule has 0 saturated heterocycles. The van der Waals surface area contributed by atoms with Gasteiger partial charge in [0.25, 0.3) is 5.56 Å². The van der Waals surface area contributed by atoms with Crippen molar-refractivity contribution in [3.8, 4) is 0 Å². The predicted molar refractivity (Wildman–Crippen MR) is 120 cm³/mol. The Kier molecular flexibility index (Phi) is 4.02. The molecule has 0 aliphatic carbocycles. The van der Waals surface area contributed by atoms with E-state index in [0.29, 0.717) is 5.65 Å². The molecule has 0 atom stereocenters. The minimum atomic E-state index is -0.166. The minimum Gasteiger partial charge on any atom is -0.350 e. The second-order valence-corrected chi connectivity index (χ2v) is 8.21. The smallest absolute Gasteiger partial charge is 0.274 e. The molecule has 2 aliphatic rings. The van der Waals surface area contributed by atoms with Gasteiger partial charge in [-0.05, 0) is 48.2 Å². The summed E-state index contributed by atoms with van der Waals surface area (Å²) in [6, 6.07) is 14.2. The van der Waals surface area contributed by atoms with Crippen LogP contribution in [-0.2, 0) is 19.4 Å². The number of fused-ring (bicyclic) bond motifs is 3. The Morgan fingerprint density at radius 2 is 1.87 bits per heavy atom. The van der Waals surface area contributed by atoms with Crippen molar-refractivity contribution in [1.29, 1.82) is 0 Å². The van der Waals surface area contributed by atoms with Gasteiger partial charge in [-0.3, -0.25) is 9.78 Å². The van der Waals surface area contributed by atoms with Crippen molar-refractivity contribution in [2.45, 2.75) is 26.3 Å². The third-order valence-electron chi connectivity index (χ3n) is 6.27. The van der Waals surface area contributed by atoms with Crippen LogP contribution in [0, 0.1) is 6.92 Å². The van der Waals surface area contributed by atoms with Crippen LogP contribution in [0.15, 0.2) is 59.7 Å². The molecule has 0 spiro atoms. The molecule has 0 amide bonds. The monoisotopic (exact) mass is 410 g/mol. The number of benzene rings is 1.